The van der Waals surface area contributed by atoms with Gasteiger partial charge in [-0.05, 0) is 48.9 Å². The summed E-state index contributed by atoms with van der Waals surface area (Å²) in [7, 11) is -3.65. The number of amides is 1. The number of rotatable bonds is 8. The number of hydrogen-bond acceptors (Lipinski definition) is 3. The van der Waals surface area contributed by atoms with Crippen molar-refractivity contribution in [3.05, 3.63) is 59.9 Å². The standard InChI is InChI=1S/C18H21FN2O3S/c1-2-3-4-12-20-25(23,24)17-7-5-6-14(13-17)18(22)21-16-10-8-15(19)9-11-16/h5-11,13,20H,2-4,12H2,1H3,(H,21,22). The molecule has 25 heavy (non-hydrogen) atoms. The molecule has 0 aromatic heterocycles. The van der Waals surface area contributed by atoms with Crippen LogP contribution in [-0.2, 0) is 10.0 Å². The lowest BCUT2D eigenvalue weighted by Gasteiger charge is -2.09. The number of benzene rings is 2. The largest absolute Gasteiger partial charge is 0.322 e. The summed E-state index contributed by atoms with van der Waals surface area (Å²) < 4.78 is 40.0. The molecule has 0 atom stereocenters. The van der Waals surface area contributed by atoms with E-state index in [1.807, 2.05) is 6.92 Å². The minimum absolute atomic E-state index is 0.0377. The van der Waals surface area contributed by atoms with E-state index in [9.17, 15) is 17.6 Å². The first-order valence-electron chi connectivity index (χ1n) is 8.09. The molecule has 0 aliphatic heterocycles. The first-order valence-corrected chi connectivity index (χ1v) is 9.57. The zero-order chi connectivity index (χ0) is 18.3. The van der Waals surface area contributed by atoms with Gasteiger partial charge in [0.05, 0.1) is 4.90 Å². The number of halogens is 1. The maximum absolute atomic E-state index is 12.9. The highest BCUT2D eigenvalue weighted by Gasteiger charge is 2.16. The molecule has 2 rings (SSSR count). The zero-order valence-electron chi connectivity index (χ0n) is 14.0. The molecule has 7 heteroatoms. The van der Waals surface area contributed by atoms with E-state index < -0.39 is 21.7 Å². The highest BCUT2D eigenvalue weighted by atomic mass is 32.2. The van der Waals surface area contributed by atoms with Gasteiger partial charge in [0.1, 0.15) is 5.82 Å². The number of unbranched alkanes of at least 4 members (excludes halogenated alkanes) is 2. The van der Waals surface area contributed by atoms with Gasteiger partial charge < -0.3 is 5.32 Å². The van der Waals surface area contributed by atoms with Crippen molar-refractivity contribution in [3.63, 3.8) is 0 Å². The van der Waals surface area contributed by atoms with E-state index in [1.165, 1.54) is 48.5 Å². The Balaban J connectivity index is 2.09. The summed E-state index contributed by atoms with van der Waals surface area (Å²) in [5, 5.41) is 2.60. The Morgan fingerprint density at radius 3 is 2.48 bits per heavy atom. The van der Waals surface area contributed by atoms with Gasteiger partial charge >= 0.3 is 0 Å². The van der Waals surface area contributed by atoms with Gasteiger partial charge in [-0.15, -0.1) is 0 Å². The van der Waals surface area contributed by atoms with E-state index in [0.29, 0.717) is 12.2 Å². The lowest BCUT2D eigenvalue weighted by molar-refractivity contribution is 0.102. The second kappa shape index (κ2) is 8.73. The summed E-state index contributed by atoms with van der Waals surface area (Å²) in [5.41, 5.74) is 0.637. The van der Waals surface area contributed by atoms with E-state index in [0.717, 1.165) is 19.3 Å². The molecule has 5 nitrogen and oxygen atoms in total. The monoisotopic (exact) mass is 364 g/mol. The topological polar surface area (TPSA) is 75.3 Å². The van der Waals surface area contributed by atoms with Crippen molar-refractivity contribution in [2.75, 3.05) is 11.9 Å². The molecule has 0 spiro atoms. The van der Waals surface area contributed by atoms with E-state index in [2.05, 4.69) is 10.0 Å². The molecular weight excluding hydrogens is 343 g/mol. The van der Waals surface area contributed by atoms with Crippen LogP contribution in [0.1, 0.15) is 36.5 Å². The molecule has 0 aliphatic carbocycles. The second-order valence-electron chi connectivity index (χ2n) is 5.59. The van der Waals surface area contributed by atoms with Crippen LogP contribution in [0.3, 0.4) is 0 Å². The lowest BCUT2D eigenvalue weighted by Crippen LogP contribution is -2.25. The zero-order valence-corrected chi connectivity index (χ0v) is 14.8. The van der Waals surface area contributed by atoms with Crippen LogP contribution in [0.5, 0.6) is 0 Å². The first-order chi connectivity index (χ1) is 11.9. The van der Waals surface area contributed by atoms with Gasteiger partial charge in [0, 0.05) is 17.8 Å². The summed E-state index contributed by atoms with van der Waals surface area (Å²) in [6, 6.07) is 11.1. The van der Waals surface area contributed by atoms with E-state index >= 15 is 0 Å². The number of carbonyl (C=O) groups excluding carboxylic acids is 1. The van der Waals surface area contributed by atoms with Crippen LogP contribution < -0.4 is 10.0 Å². The van der Waals surface area contributed by atoms with Gasteiger partial charge in [0.15, 0.2) is 0 Å². The van der Waals surface area contributed by atoms with Crippen LogP contribution in [-0.4, -0.2) is 20.9 Å². The molecule has 0 heterocycles. The van der Waals surface area contributed by atoms with Crippen LogP contribution in [0, 0.1) is 5.82 Å². The van der Waals surface area contributed by atoms with E-state index in [1.54, 1.807) is 0 Å². The van der Waals surface area contributed by atoms with Crippen LogP contribution in [0.15, 0.2) is 53.4 Å². The third-order valence-electron chi connectivity index (χ3n) is 3.58. The molecular formula is C18H21FN2O3S. The summed E-state index contributed by atoms with van der Waals surface area (Å²) in [4.78, 5) is 12.3. The Labute approximate surface area is 147 Å². The SMILES string of the molecule is CCCCCNS(=O)(=O)c1cccc(C(=O)Nc2ccc(F)cc2)c1. The Kier molecular flexibility index (Phi) is 6.66. The molecule has 1 amide bonds. The van der Waals surface area contributed by atoms with Gasteiger partial charge in [-0.2, -0.15) is 0 Å². The maximum Gasteiger partial charge on any atom is 0.255 e. The van der Waals surface area contributed by atoms with Crippen LogP contribution >= 0.6 is 0 Å². The third kappa shape index (κ3) is 5.65. The average Bonchev–Trinajstić information content (AvgIpc) is 2.61. The van der Waals surface area contributed by atoms with E-state index in [-0.39, 0.29) is 10.5 Å². The van der Waals surface area contributed by atoms with Crippen molar-refractivity contribution in [2.45, 2.75) is 31.1 Å². The van der Waals surface area contributed by atoms with Crippen molar-refractivity contribution in [1.82, 2.24) is 4.72 Å². The molecule has 0 unspecified atom stereocenters. The van der Waals surface area contributed by atoms with Crippen LogP contribution in [0.4, 0.5) is 10.1 Å². The Hall–Kier alpha value is -2.25. The Bertz CT molecular complexity index is 820. The van der Waals surface area contributed by atoms with Crippen molar-refractivity contribution >= 4 is 21.6 Å². The van der Waals surface area contributed by atoms with Gasteiger partial charge in [-0.25, -0.2) is 17.5 Å². The van der Waals surface area contributed by atoms with Crippen molar-refractivity contribution in [1.29, 1.82) is 0 Å². The number of sulfonamides is 1. The fourth-order valence-electron chi connectivity index (χ4n) is 2.21. The summed E-state index contributed by atoms with van der Waals surface area (Å²) in [6.45, 7) is 2.40. The average molecular weight is 364 g/mol. The Morgan fingerprint density at radius 2 is 1.80 bits per heavy atom. The molecule has 2 aromatic rings. The van der Waals surface area contributed by atoms with Gasteiger partial charge in [-0.1, -0.05) is 25.8 Å². The highest BCUT2D eigenvalue weighted by Crippen LogP contribution is 2.14. The molecule has 0 saturated heterocycles. The predicted octanol–water partition coefficient (Wildman–Crippen LogP) is 3.55. The summed E-state index contributed by atoms with van der Waals surface area (Å²) in [6.07, 6.45) is 2.71. The number of anilines is 1. The van der Waals surface area contributed by atoms with Crippen molar-refractivity contribution in [3.8, 4) is 0 Å². The third-order valence-corrected chi connectivity index (χ3v) is 5.04. The maximum atomic E-state index is 12.9. The molecule has 2 aromatic carbocycles. The van der Waals surface area contributed by atoms with Gasteiger partial charge in [0.2, 0.25) is 10.0 Å². The minimum atomic E-state index is -3.65. The van der Waals surface area contributed by atoms with Gasteiger partial charge in [0.25, 0.3) is 5.91 Å². The summed E-state index contributed by atoms with van der Waals surface area (Å²) in [5.74, 6) is -0.866. The van der Waals surface area contributed by atoms with Crippen molar-refractivity contribution in [2.24, 2.45) is 0 Å². The smallest absolute Gasteiger partial charge is 0.255 e. The molecule has 134 valence electrons. The molecule has 0 fully saturated rings. The van der Waals surface area contributed by atoms with Crippen LogP contribution in [0.25, 0.3) is 0 Å². The fraction of sp³-hybridized carbons (Fsp3) is 0.278. The normalized spacial score (nSPS) is 11.3. The molecule has 0 saturated carbocycles. The minimum Gasteiger partial charge on any atom is -0.322 e. The summed E-state index contributed by atoms with van der Waals surface area (Å²) >= 11 is 0. The molecule has 0 bridgehead atoms. The highest BCUT2D eigenvalue weighted by molar-refractivity contribution is 7.89. The molecule has 0 aliphatic rings. The molecule has 2 N–H and O–H groups in total. The van der Waals surface area contributed by atoms with Crippen LogP contribution in [0.2, 0.25) is 0 Å². The predicted molar refractivity (Wildman–Crippen MR) is 95.5 cm³/mol. The van der Waals surface area contributed by atoms with E-state index in [4.69, 9.17) is 0 Å². The van der Waals surface area contributed by atoms with Gasteiger partial charge in [-0.3, -0.25) is 4.79 Å². The first kappa shape index (κ1) is 19.1. The number of carbonyl (C=O) groups is 1. The second-order valence-corrected chi connectivity index (χ2v) is 7.36. The quantitative estimate of drug-likeness (QED) is 0.704. The molecule has 0 radical (unpaired) electrons. The fourth-order valence-corrected chi connectivity index (χ4v) is 3.33. The lowest BCUT2D eigenvalue weighted by atomic mass is 10.2. The Morgan fingerprint density at radius 1 is 1.08 bits per heavy atom. The van der Waals surface area contributed by atoms with Crippen molar-refractivity contribution < 1.29 is 17.6 Å². The number of hydrogen-bond donors (Lipinski definition) is 2. The number of nitrogens with one attached hydrogen (secondary N) is 2.